The van der Waals surface area contributed by atoms with Crippen molar-refractivity contribution in [1.29, 1.82) is 0 Å². The third-order valence-corrected chi connectivity index (χ3v) is 5.10. The zero-order valence-electron chi connectivity index (χ0n) is 14.2. The Bertz CT molecular complexity index is 687. The van der Waals surface area contributed by atoms with Crippen molar-refractivity contribution in [3.63, 3.8) is 0 Å². The Morgan fingerprint density at radius 2 is 1.96 bits per heavy atom. The van der Waals surface area contributed by atoms with E-state index in [2.05, 4.69) is 16.0 Å². The van der Waals surface area contributed by atoms with E-state index in [9.17, 15) is 4.39 Å². The molecule has 132 valence electrons. The van der Waals surface area contributed by atoms with Gasteiger partial charge in [0, 0.05) is 63.6 Å². The van der Waals surface area contributed by atoms with Crippen molar-refractivity contribution in [2.75, 3.05) is 31.2 Å². The standard InChI is InChI=1S/C20H23FN2O2/c21-17-3-5-18(6-4-17)23-14-19(12-16-2-1-9-22-13-16)25-20(15-23)7-10-24-11-8-20/h1-6,9,13,19H,7-8,10-12,14-15H2/t19-/m0/s1. The molecule has 2 saturated heterocycles. The molecule has 2 fully saturated rings. The van der Waals surface area contributed by atoms with Crippen LogP contribution in [-0.2, 0) is 15.9 Å². The number of hydrogen-bond acceptors (Lipinski definition) is 4. The van der Waals surface area contributed by atoms with E-state index in [0.29, 0.717) is 0 Å². The average molecular weight is 342 g/mol. The fraction of sp³-hybridized carbons (Fsp3) is 0.450. The minimum atomic E-state index is -0.204. The largest absolute Gasteiger partial charge is 0.381 e. The van der Waals surface area contributed by atoms with Crippen LogP contribution in [0.5, 0.6) is 0 Å². The summed E-state index contributed by atoms with van der Waals surface area (Å²) in [4.78, 5) is 6.54. The molecule has 0 saturated carbocycles. The summed E-state index contributed by atoms with van der Waals surface area (Å²) >= 11 is 0. The zero-order chi connectivity index (χ0) is 17.1. The van der Waals surface area contributed by atoms with Gasteiger partial charge in [-0.05, 0) is 35.9 Å². The van der Waals surface area contributed by atoms with Crippen molar-refractivity contribution in [1.82, 2.24) is 4.98 Å². The van der Waals surface area contributed by atoms with E-state index < -0.39 is 0 Å². The van der Waals surface area contributed by atoms with Gasteiger partial charge in [-0.25, -0.2) is 4.39 Å². The van der Waals surface area contributed by atoms with Crippen LogP contribution in [0.1, 0.15) is 18.4 Å². The SMILES string of the molecule is Fc1ccc(N2C[C@H](Cc3cccnc3)OC3(CCOCC3)C2)cc1. The van der Waals surface area contributed by atoms with Crippen molar-refractivity contribution in [2.24, 2.45) is 0 Å². The highest BCUT2D eigenvalue weighted by Crippen LogP contribution is 2.34. The van der Waals surface area contributed by atoms with Crippen molar-refractivity contribution in [3.8, 4) is 0 Å². The summed E-state index contributed by atoms with van der Waals surface area (Å²) in [5.41, 5.74) is 2.04. The lowest BCUT2D eigenvalue weighted by molar-refractivity contribution is -0.150. The Hall–Kier alpha value is -1.98. The first kappa shape index (κ1) is 16.5. The van der Waals surface area contributed by atoms with Crippen LogP contribution in [0.2, 0.25) is 0 Å². The first-order valence-corrected chi connectivity index (χ1v) is 8.87. The van der Waals surface area contributed by atoms with Crippen LogP contribution >= 0.6 is 0 Å². The summed E-state index contributed by atoms with van der Waals surface area (Å²) < 4.78 is 25.4. The molecule has 2 aliphatic rings. The molecule has 2 aliphatic heterocycles. The third-order valence-electron chi connectivity index (χ3n) is 5.10. The molecule has 2 aromatic rings. The van der Waals surface area contributed by atoms with E-state index in [1.165, 1.54) is 17.7 Å². The molecule has 0 unspecified atom stereocenters. The molecule has 0 amide bonds. The maximum atomic E-state index is 13.3. The predicted octanol–water partition coefficient (Wildman–Crippen LogP) is 3.22. The van der Waals surface area contributed by atoms with Crippen LogP contribution in [0.3, 0.4) is 0 Å². The lowest BCUT2D eigenvalue weighted by atomic mass is 9.90. The number of morpholine rings is 1. The number of benzene rings is 1. The number of anilines is 1. The molecule has 3 heterocycles. The molecular formula is C20H23FN2O2. The second-order valence-electron chi connectivity index (χ2n) is 6.96. The van der Waals surface area contributed by atoms with Crippen molar-refractivity contribution < 1.29 is 13.9 Å². The molecule has 1 aromatic heterocycles. The van der Waals surface area contributed by atoms with Gasteiger partial charge in [0.15, 0.2) is 0 Å². The number of nitrogens with zero attached hydrogens (tertiary/aromatic N) is 2. The number of hydrogen-bond donors (Lipinski definition) is 0. The van der Waals surface area contributed by atoms with Crippen LogP contribution in [0.15, 0.2) is 48.8 Å². The summed E-state index contributed by atoms with van der Waals surface area (Å²) in [5.74, 6) is -0.204. The van der Waals surface area contributed by atoms with Gasteiger partial charge in [-0.2, -0.15) is 0 Å². The number of halogens is 1. The molecule has 4 rings (SSSR count). The van der Waals surface area contributed by atoms with Crippen LogP contribution < -0.4 is 4.90 Å². The molecule has 0 bridgehead atoms. The number of aromatic nitrogens is 1. The lowest BCUT2D eigenvalue weighted by Gasteiger charge is -2.49. The van der Waals surface area contributed by atoms with Crippen LogP contribution in [-0.4, -0.2) is 43.0 Å². The fourth-order valence-electron chi connectivity index (χ4n) is 3.84. The van der Waals surface area contributed by atoms with E-state index in [4.69, 9.17) is 9.47 Å². The monoisotopic (exact) mass is 342 g/mol. The molecule has 1 atom stereocenters. The summed E-state index contributed by atoms with van der Waals surface area (Å²) in [6, 6.07) is 10.8. The molecule has 0 aliphatic carbocycles. The Morgan fingerprint density at radius 3 is 2.68 bits per heavy atom. The number of pyridine rings is 1. The van der Waals surface area contributed by atoms with Gasteiger partial charge in [-0.1, -0.05) is 6.07 Å². The summed E-state index contributed by atoms with van der Waals surface area (Å²) in [5, 5.41) is 0. The topological polar surface area (TPSA) is 34.6 Å². The van der Waals surface area contributed by atoms with Crippen LogP contribution in [0.25, 0.3) is 0 Å². The minimum absolute atomic E-state index is 0.0844. The highest BCUT2D eigenvalue weighted by atomic mass is 19.1. The second kappa shape index (κ2) is 7.10. The molecule has 0 radical (unpaired) electrons. The Morgan fingerprint density at radius 1 is 1.16 bits per heavy atom. The first-order valence-electron chi connectivity index (χ1n) is 8.87. The molecule has 1 spiro atoms. The van der Waals surface area contributed by atoms with Gasteiger partial charge in [-0.15, -0.1) is 0 Å². The van der Waals surface area contributed by atoms with Crippen LogP contribution in [0.4, 0.5) is 10.1 Å². The molecule has 1 aromatic carbocycles. The van der Waals surface area contributed by atoms with Gasteiger partial charge in [0.1, 0.15) is 5.82 Å². The van der Waals surface area contributed by atoms with E-state index in [1.807, 2.05) is 24.4 Å². The molecule has 0 N–H and O–H groups in total. The summed E-state index contributed by atoms with van der Waals surface area (Å²) in [7, 11) is 0. The van der Waals surface area contributed by atoms with Crippen molar-refractivity contribution in [2.45, 2.75) is 31.0 Å². The summed E-state index contributed by atoms with van der Waals surface area (Å²) in [6.07, 6.45) is 6.39. The van der Waals surface area contributed by atoms with Gasteiger partial charge < -0.3 is 14.4 Å². The van der Waals surface area contributed by atoms with Gasteiger partial charge in [0.25, 0.3) is 0 Å². The van der Waals surface area contributed by atoms with Gasteiger partial charge in [0.05, 0.1) is 11.7 Å². The van der Waals surface area contributed by atoms with E-state index in [-0.39, 0.29) is 17.5 Å². The smallest absolute Gasteiger partial charge is 0.123 e. The number of ether oxygens (including phenoxy) is 2. The van der Waals surface area contributed by atoms with Crippen molar-refractivity contribution >= 4 is 5.69 Å². The normalized spacial score (nSPS) is 22.9. The quantitative estimate of drug-likeness (QED) is 0.858. The predicted molar refractivity (Wildman–Crippen MR) is 94.2 cm³/mol. The fourth-order valence-corrected chi connectivity index (χ4v) is 3.84. The molecular weight excluding hydrogens is 319 g/mol. The third kappa shape index (κ3) is 3.83. The Labute approximate surface area is 147 Å². The zero-order valence-corrected chi connectivity index (χ0v) is 14.2. The summed E-state index contributed by atoms with van der Waals surface area (Å²) in [6.45, 7) is 3.09. The highest BCUT2D eigenvalue weighted by Gasteiger charge is 2.42. The maximum absolute atomic E-state index is 13.3. The average Bonchev–Trinajstić information content (AvgIpc) is 2.63. The van der Waals surface area contributed by atoms with E-state index >= 15 is 0 Å². The second-order valence-corrected chi connectivity index (χ2v) is 6.96. The van der Waals surface area contributed by atoms with Gasteiger partial charge in [0.2, 0.25) is 0 Å². The van der Waals surface area contributed by atoms with Gasteiger partial charge >= 0.3 is 0 Å². The molecule has 25 heavy (non-hydrogen) atoms. The van der Waals surface area contributed by atoms with Crippen LogP contribution in [0, 0.1) is 5.82 Å². The van der Waals surface area contributed by atoms with E-state index in [1.54, 1.807) is 6.20 Å². The highest BCUT2D eigenvalue weighted by molar-refractivity contribution is 5.47. The van der Waals surface area contributed by atoms with E-state index in [0.717, 1.165) is 51.3 Å². The lowest BCUT2D eigenvalue weighted by Crippen LogP contribution is -2.58. The Balaban J connectivity index is 1.57. The minimum Gasteiger partial charge on any atom is -0.381 e. The maximum Gasteiger partial charge on any atom is 0.123 e. The first-order chi connectivity index (χ1) is 12.2. The van der Waals surface area contributed by atoms with Gasteiger partial charge in [-0.3, -0.25) is 4.98 Å². The Kier molecular flexibility index (Phi) is 4.68. The number of rotatable bonds is 3. The van der Waals surface area contributed by atoms with Crippen molar-refractivity contribution in [3.05, 3.63) is 60.2 Å². The molecule has 4 nitrogen and oxygen atoms in total. The molecule has 5 heteroatoms.